The van der Waals surface area contributed by atoms with Gasteiger partial charge in [0.15, 0.2) is 0 Å². The van der Waals surface area contributed by atoms with Crippen LogP contribution in [0.5, 0.6) is 0 Å². The van der Waals surface area contributed by atoms with Gasteiger partial charge in [-0.25, -0.2) is 0 Å². The van der Waals surface area contributed by atoms with Crippen LogP contribution >= 0.6 is 0 Å². The second-order valence-corrected chi connectivity index (χ2v) is 2.80. The number of pyridine rings is 1. The number of aromatic nitrogens is 1. The van der Waals surface area contributed by atoms with Crippen LogP contribution in [0.1, 0.15) is 23.7 Å². The summed E-state index contributed by atoms with van der Waals surface area (Å²) in [5.74, 6) is 5.37. The van der Waals surface area contributed by atoms with E-state index in [-0.39, 0.29) is 0 Å². The minimum Gasteiger partial charge on any atom is -0.271 e. The standard InChI is InChI=1S/C8H11N3/c9-11-8-4-3-7-6(8)2-1-5-10-7/h1-2,5,8,11H,3-4,9H2/t8-/m1/s1. The number of rotatable bonds is 1. The highest BCUT2D eigenvalue weighted by molar-refractivity contribution is 5.28. The second kappa shape index (κ2) is 2.60. The van der Waals surface area contributed by atoms with Crippen LogP contribution in [0.4, 0.5) is 0 Å². The number of aryl methyl sites for hydroxylation is 1. The Labute approximate surface area is 65.6 Å². The number of hydrogen-bond acceptors (Lipinski definition) is 3. The van der Waals surface area contributed by atoms with Gasteiger partial charge in [0.1, 0.15) is 0 Å². The molecule has 0 spiro atoms. The van der Waals surface area contributed by atoms with Crippen molar-refractivity contribution in [2.45, 2.75) is 18.9 Å². The molecular weight excluding hydrogens is 138 g/mol. The number of nitrogens with zero attached hydrogens (tertiary/aromatic N) is 1. The van der Waals surface area contributed by atoms with E-state index in [9.17, 15) is 0 Å². The molecule has 0 aromatic carbocycles. The molecule has 1 heterocycles. The third-order valence-electron chi connectivity index (χ3n) is 2.17. The minimum atomic E-state index is 0.318. The first-order chi connectivity index (χ1) is 5.42. The SMILES string of the molecule is NN[C@@H]1CCc2ncccc21. The lowest BCUT2D eigenvalue weighted by molar-refractivity contribution is 0.551. The van der Waals surface area contributed by atoms with Gasteiger partial charge in [-0.3, -0.25) is 16.3 Å². The van der Waals surface area contributed by atoms with E-state index in [2.05, 4.69) is 16.5 Å². The average molecular weight is 149 g/mol. The summed E-state index contributed by atoms with van der Waals surface area (Å²) >= 11 is 0. The van der Waals surface area contributed by atoms with Crippen LogP contribution in [-0.2, 0) is 6.42 Å². The van der Waals surface area contributed by atoms with Crippen LogP contribution in [0.25, 0.3) is 0 Å². The second-order valence-electron chi connectivity index (χ2n) is 2.80. The summed E-state index contributed by atoms with van der Waals surface area (Å²) < 4.78 is 0. The van der Waals surface area contributed by atoms with Crippen molar-refractivity contribution in [3.8, 4) is 0 Å². The van der Waals surface area contributed by atoms with Crippen molar-refractivity contribution in [3.63, 3.8) is 0 Å². The molecule has 0 fully saturated rings. The Morgan fingerprint density at radius 1 is 1.64 bits per heavy atom. The molecule has 0 saturated heterocycles. The number of nitrogens with one attached hydrogen (secondary N) is 1. The Kier molecular flexibility index (Phi) is 1.60. The zero-order valence-electron chi connectivity index (χ0n) is 6.25. The molecule has 1 atom stereocenters. The molecule has 11 heavy (non-hydrogen) atoms. The van der Waals surface area contributed by atoms with E-state index in [0.717, 1.165) is 12.8 Å². The molecule has 3 nitrogen and oxygen atoms in total. The molecule has 0 amide bonds. The molecule has 0 bridgehead atoms. The van der Waals surface area contributed by atoms with E-state index in [1.807, 2.05) is 12.3 Å². The quantitative estimate of drug-likeness (QED) is 0.452. The number of hydrogen-bond donors (Lipinski definition) is 2. The largest absolute Gasteiger partial charge is 0.271 e. The third kappa shape index (κ3) is 1.02. The van der Waals surface area contributed by atoms with E-state index in [4.69, 9.17) is 5.84 Å². The van der Waals surface area contributed by atoms with Gasteiger partial charge in [0, 0.05) is 17.9 Å². The van der Waals surface area contributed by atoms with E-state index in [1.165, 1.54) is 11.3 Å². The maximum Gasteiger partial charge on any atom is 0.0481 e. The van der Waals surface area contributed by atoms with Crippen LogP contribution in [0.15, 0.2) is 18.3 Å². The fourth-order valence-electron chi connectivity index (χ4n) is 1.59. The summed E-state index contributed by atoms with van der Waals surface area (Å²) in [6.07, 6.45) is 3.95. The first-order valence-electron chi connectivity index (χ1n) is 3.81. The molecule has 58 valence electrons. The van der Waals surface area contributed by atoms with Gasteiger partial charge >= 0.3 is 0 Å². The van der Waals surface area contributed by atoms with E-state index < -0.39 is 0 Å². The van der Waals surface area contributed by atoms with Gasteiger partial charge in [-0.05, 0) is 24.5 Å². The minimum absolute atomic E-state index is 0.318. The molecule has 0 unspecified atom stereocenters. The lowest BCUT2D eigenvalue weighted by Gasteiger charge is -2.07. The predicted molar refractivity (Wildman–Crippen MR) is 42.6 cm³/mol. The van der Waals surface area contributed by atoms with Crippen LogP contribution < -0.4 is 11.3 Å². The molecule has 0 radical (unpaired) electrons. The molecule has 1 aliphatic rings. The Morgan fingerprint density at radius 2 is 2.55 bits per heavy atom. The Balaban J connectivity index is 2.39. The summed E-state index contributed by atoms with van der Waals surface area (Å²) in [7, 11) is 0. The van der Waals surface area contributed by atoms with E-state index >= 15 is 0 Å². The molecule has 3 N–H and O–H groups in total. The third-order valence-corrected chi connectivity index (χ3v) is 2.17. The Hall–Kier alpha value is -0.930. The topological polar surface area (TPSA) is 50.9 Å². The molecular formula is C8H11N3. The van der Waals surface area contributed by atoms with Gasteiger partial charge in [-0.1, -0.05) is 6.07 Å². The molecule has 1 aromatic heterocycles. The van der Waals surface area contributed by atoms with Gasteiger partial charge in [0.25, 0.3) is 0 Å². The van der Waals surface area contributed by atoms with Gasteiger partial charge in [0.2, 0.25) is 0 Å². The lowest BCUT2D eigenvalue weighted by Crippen LogP contribution is -2.26. The van der Waals surface area contributed by atoms with Crippen LogP contribution in [-0.4, -0.2) is 4.98 Å². The fourth-order valence-corrected chi connectivity index (χ4v) is 1.59. The predicted octanol–water partition coefficient (Wildman–Crippen LogP) is 0.532. The van der Waals surface area contributed by atoms with Crippen molar-refractivity contribution in [2.75, 3.05) is 0 Å². The zero-order valence-corrected chi connectivity index (χ0v) is 6.25. The molecule has 0 aliphatic heterocycles. The Bertz CT molecular complexity index is 259. The van der Waals surface area contributed by atoms with Crippen LogP contribution in [0.2, 0.25) is 0 Å². The van der Waals surface area contributed by atoms with E-state index in [1.54, 1.807) is 0 Å². The number of nitrogens with two attached hydrogens (primary N) is 1. The summed E-state index contributed by atoms with van der Waals surface area (Å²) in [4.78, 5) is 4.26. The smallest absolute Gasteiger partial charge is 0.0481 e. The number of fused-ring (bicyclic) bond motifs is 1. The maximum absolute atomic E-state index is 5.37. The van der Waals surface area contributed by atoms with Gasteiger partial charge in [0.05, 0.1) is 0 Å². The molecule has 3 heteroatoms. The monoisotopic (exact) mass is 149 g/mol. The van der Waals surface area contributed by atoms with Crippen LogP contribution in [0.3, 0.4) is 0 Å². The highest BCUT2D eigenvalue weighted by atomic mass is 15.2. The van der Waals surface area contributed by atoms with Gasteiger partial charge in [-0.2, -0.15) is 0 Å². The molecule has 1 aromatic rings. The highest BCUT2D eigenvalue weighted by Crippen LogP contribution is 2.27. The normalized spacial score (nSPS) is 21.7. The maximum atomic E-state index is 5.37. The zero-order chi connectivity index (χ0) is 7.68. The summed E-state index contributed by atoms with van der Waals surface area (Å²) in [5, 5.41) is 0. The highest BCUT2D eigenvalue weighted by Gasteiger charge is 2.21. The lowest BCUT2D eigenvalue weighted by atomic mass is 10.2. The Morgan fingerprint density at radius 3 is 3.36 bits per heavy atom. The summed E-state index contributed by atoms with van der Waals surface area (Å²) in [6.45, 7) is 0. The van der Waals surface area contributed by atoms with Gasteiger partial charge in [-0.15, -0.1) is 0 Å². The van der Waals surface area contributed by atoms with E-state index in [0.29, 0.717) is 6.04 Å². The first-order valence-corrected chi connectivity index (χ1v) is 3.81. The molecule has 0 saturated carbocycles. The van der Waals surface area contributed by atoms with Crippen molar-refractivity contribution in [2.24, 2.45) is 5.84 Å². The molecule has 1 aliphatic carbocycles. The average Bonchev–Trinajstić information content (AvgIpc) is 2.47. The summed E-state index contributed by atoms with van der Waals surface area (Å²) in [5.41, 5.74) is 5.23. The molecule has 2 rings (SSSR count). The number of hydrazine groups is 1. The first kappa shape index (κ1) is 6.76. The van der Waals surface area contributed by atoms with Crippen molar-refractivity contribution in [3.05, 3.63) is 29.6 Å². The van der Waals surface area contributed by atoms with Crippen molar-refractivity contribution >= 4 is 0 Å². The van der Waals surface area contributed by atoms with Crippen LogP contribution in [0, 0.1) is 0 Å². The van der Waals surface area contributed by atoms with Crippen molar-refractivity contribution in [1.29, 1.82) is 0 Å². The van der Waals surface area contributed by atoms with Crippen molar-refractivity contribution in [1.82, 2.24) is 10.4 Å². The van der Waals surface area contributed by atoms with Crippen molar-refractivity contribution < 1.29 is 0 Å². The summed E-state index contributed by atoms with van der Waals surface area (Å²) in [6, 6.07) is 4.35. The van der Waals surface area contributed by atoms with Gasteiger partial charge < -0.3 is 0 Å². The fraction of sp³-hybridized carbons (Fsp3) is 0.375.